The van der Waals surface area contributed by atoms with Gasteiger partial charge in [-0.25, -0.2) is 0 Å². The third-order valence-corrected chi connectivity index (χ3v) is 1.58. The number of pyridine rings is 1. The quantitative estimate of drug-likeness (QED) is 0.636. The van der Waals surface area contributed by atoms with Crippen LogP contribution in [0.4, 0.5) is 0 Å². The van der Waals surface area contributed by atoms with Gasteiger partial charge in [0.15, 0.2) is 0 Å². The Bertz CT molecular complexity index is 274. The topological polar surface area (TPSA) is 12.9 Å². The second-order valence-corrected chi connectivity index (χ2v) is 2.71. The molecule has 1 heteroatoms. The normalized spacial score (nSPS) is 9.62. The average molecular weight is 177 g/mol. The molecule has 72 valence electrons. The van der Waals surface area contributed by atoms with Gasteiger partial charge in [0.1, 0.15) is 0 Å². The number of rotatable bonds is 1. The van der Waals surface area contributed by atoms with Crippen molar-refractivity contribution in [3.8, 4) is 0 Å². The molecule has 0 aliphatic heterocycles. The lowest BCUT2D eigenvalue weighted by Gasteiger charge is -1.99. The van der Waals surface area contributed by atoms with E-state index in [0.29, 0.717) is 0 Å². The van der Waals surface area contributed by atoms with Crippen molar-refractivity contribution in [3.63, 3.8) is 0 Å². The zero-order valence-electron chi connectivity index (χ0n) is 9.26. The molecule has 0 saturated carbocycles. The van der Waals surface area contributed by atoms with Crippen molar-refractivity contribution in [2.24, 2.45) is 0 Å². The van der Waals surface area contributed by atoms with Gasteiger partial charge in [-0.15, -0.1) is 0 Å². The van der Waals surface area contributed by atoms with E-state index < -0.39 is 0 Å². The van der Waals surface area contributed by atoms with Crippen LogP contribution in [0.15, 0.2) is 18.3 Å². The van der Waals surface area contributed by atoms with Crippen LogP contribution in [0, 0.1) is 13.8 Å². The Morgan fingerprint density at radius 1 is 1.23 bits per heavy atom. The van der Waals surface area contributed by atoms with E-state index in [1.54, 1.807) is 0 Å². The van der Waals surface area contributed by atoms with E-state index in [1.165, 1.54) is 11.1 Å². The molecule has 0 spiro atoms. The van der Waals surface area contributed by atoms with Gasteiger partial charge in [-0.05, 0) is 38.0 Å². The first-order chi connectivity index (χ1) is 6.24. The Morgan fingerprint density at radius 2 is 1.85 bits per heavy atom. The first-order valence-electron chi connectivity index (χ1n) is 4.80. The zero-order valence-corrected chi connectivity index (χ0v) is 9.26. The summed E-state index contributed by atoms with van der Waals surface area (Å²) in [5, 5.41) is 0. The van der Waals surface area contributed by atoms with Gasteiger partial charge in [-0.3, -0.25) is 4.98 Å². The Morgan fingerprint density at radius 3 is 2.31 bits per heavy atom. The molecular weight excluding hydrogens is 158 g/mol. The Balaban J connectivity index is 0.000000671. The maximum atomic E-state index is 4.28. The van der Waals surface area contributed by atoms with Gasteiger partial charge in [0, 0.05) is 6.20 Å². The lowest BCUT2D eigenvalue weighted by Crippen LogP contribution is -1.86. The number of aromatic nitrogens is 1. The van der Waals surface area contributed by atoms with Crippen molar-refractivity contribution in [1.29, 1.82) is 0 Å². The van der Waals surface area contributed by atoms with Gasteiger partial charge >= 0.3 is 0 Å². The third kappa shape index (κ3) is 3.88. The lowest BCUT2D eigenvalue weighted by molar-refractivity contribution is 1.19. The summed E-state index contributed by atoms with van der Waals surface area (Å²) in [5.74, 6) is 0. The van der Waals surface area contributed by atoms with Gasteiger partial charge in [0.05, 0.1) is 5.69 Å². The largest absolute Gasteiger partial charge is 0.256 e. The van der Waals surface area contributed by atoms with Crippen LogP contribution in [-0.4, -0.2) is 4.98 Å². The molecule has 0 saturated heterocycles. The fraction of sp³-hybridized carbons (Fsp3) is 0.417. The van der Waals surface area contributed by atoms with Crippen LogP contribution in [0.5, 0.6) is 0 Å². The molecule has 0 atom stereocenters. The van der Waals surface area contributed by atoms with E-state index >= 15 is 0 Å². The second-order valence-electron chi connectivity index (χ2n) is 2.71. The molecule has 0 bridgehead atoms. The van der Waals surface area contributed by atoms with Crippen molar-refractivity contribution in [3.05, 3.63) is 35.2 Å². The minimum atomic E-state index is 1.07. The van der Waals surface area contributed by atoms with Gasteiger partial charge in [-0.1, -0.05) is 26.0 Å². The molecule has 0 fully saturated rings. The smallest absolute Gasteiger partial charge is 0.0655 e. The van der Waals surface area contributed by atoms with Crippen LogP contribution >= 0.6 is 0 Å². The van der Waals surface area contributed by atoms with Crippen LogP contribution in [0.1, 0.15) is 37.6 Å². The molecule has 1 aromatic rings. The number of aryl methyl sites for hydroxylation is 2. The van der Waals surface area contributed by atoms with Gasteiger partial charge in [-0.2, -0.15) is 0 Å². The molecule has 0 N–H and O–H groups in total. The summed E-state index contributed by atoms with van der Waals surface area (Å²) >= 11 is 0. The summed E-state index contributed by atoms with van der Waals surface area (Å²) in [4.78, 5) is 4.28. The van der Waals surface area contributed by atoms with Crippen LogP contribution in [0.3, 0.4) is 0 Å². The molecule has 1 rings (SSSR count). The van der Waals surface area contributed by atoms with E-state index in [4.69, 9.17) is 0 Å². The molecule has 0 radical (unpaired) electrons. The predicted octanol–water partition coefficient (Wildman–Crippen LogP) is 3.76. The van der Waals surface area contributed by atoms with Gasteiger partial charge < -0.3 is 0 Å². The van der Waals surface area contributed by atoms with Crippen molar-refractivity contribution < 1.29 is 0 Å². The summed E-state index contributed by atoms with van der Waals surface area (Å²) < 4.78 is 0. The van der Waals surface area contributed by atoms with Gasteiger partial charge in [0.25, 0.3) is 0 Å². The molecule has 0 aromatic carbocycles. The SMILES string of the molecule is C/C=C\c1ncc(C)cc1C.CC. The highest BCUT2D eigenvalue weighted by Gasteiger charge is 1.93. The Labute approximate surface area is 81.5 Å². The second kappa shape index (κ2) is 6.41. The molecule has 0 aliphatic carbocycles. The fourth-order valence-electron chi connectivity index (χ4n) is 1.06. The van der Waals surface area contributed by atoms with E-state index in [0.717, 1.165) is 5.69 Å². The monoisotopic (exact) mass is 177 g/mol. The maximum absolute atomic E-state index is 4.28. The van der Waals surface area contributed by atoms with Crippen molar-refractivity contribution >= 4 is 6.08 Å². The molecule has 1 heterocycles. The number of allylic oxidation sites excluding steroid dienone is 1. The molecule has 13 heavy (non-hydrogen) atoms. The lowest BCUT2D eigenvalue weighted by atomic mass is 10.1. The minimum Gasteiger partial charge on any atom is -0.256 e. The van der Waals surface area contributed by atoms with Crippen molar-refractivity contribution in [2.45, 2.75) is 34.6 Å². The van der Waals surface area contributed by atoms with Crippen LogP contribution in [-0.2, 0) is 0 Å². The fourth-order valence-corrected chi connectivity index (χ4v) is 1.06. The van der Waals surface area contributed by atoms with Crippen LogP contribution < -0.4 is 0 Å². The van der Waals surface area contributed by atoms with E-state index in [9.17, 15) is 0 Å². The van der Waals surface area contributed by atoms with Crippen molar-refractivity contribution in [2.75, 3.05) is 0 Å². The standard InChI is InChI=1S/C10H13N.C2H6/c1-4-5-10-9(3)6-8(2)7-11-10;1-2/h4-7H,1-3H3;1-2H3/b5-4-;. The average Bonchev–Trinajstić information content (AvgIpc) is 2.14. The van der Waals surface area contributed by atoms with E-state index in [2.05, 4.69) is 24.9 Å². The molecule has 1 aromatic heterocycles. The van der Waals surface area contributed by atoms with Crippen molar-refractivity contribution in [1.82, 2.24) is 4.98 Å². The zero-order chi connectivity index (χ0) is 10.3. The summed E-state index contributed by atoms with van der Waals surface area (Å²) in [5.41, 5.74) is 3.52. The highest BCUT2D eigenvalue weighted by Crippen LogP contribution is 2.07. The predicted molar refractivity (Wildman–Crippen MR) is 59.8 cm³/mol. The molecular formula is C12H19N. The number of hydrogen-bond acceptors (Lipinski definition) is 1. The number of hydrogen-bond donors (Lipinski definition) is 0. The third-order valence-electron chi connectivity index (χ3n) is 1.58. The highest BCUT2D eigenvalue weighted by molar-refractivity contribution is 5.48. The Kier molecular flexibility index (Phi) is 5.86. The van der Waals surface area contributed by atoms with Gasteiger partial charge in [0.2, 0.25) is 0 Å². The first-order valence-corrected chi connectivity index (χ1v) is 4.80. The minimum absolute atomic E-state index is 1.07. The summed E-state index contributed by atoms with van der Waals surface area (Å²) in [6.07, 6.45) is 5.92. The first kappa shape index (κ1) is 11.9. The van der Waals surface area contributed by atoms with Crippen LogP contribution in [0.2, 0.25) is 0 Å². The molecule has 0 aliphatic rings. The molecule has 0 amide bonds. The Hall–Kier alpha value is -1.11. The summed E-state index contributed by atoms with van der Waals surface area (Å²) in [6, 6.07) is 2.14. The highest BCUT2D eigenvalue weighted by atomic mass is 14.7. The molecule has 0 unspecified atom stereocenters. The summed E-state index contributed by atoms with van der Waals surface area (Å²) in [7, 11) is 0. The molecule has 1 nitrogen and oxygen atoms in total. The maximum Gasteiger partial charge on any atom is 0.0655 e. The number of nitrogens with zero attached hydrogens (tertiary/aromatic N) is 1. The summed E-state index contributed by atoms with van der Waals surface area (Å²) in [6.45, 7) is 10.1. The van der Waals surface area contributed by atoms with E-state index in [-0.39, 0.29) is 0 Å². The van der Waals surface area contributed by atoms with Crippen LogP contribution in [0.25, 0.3) is 6.08 Å². The van der Waals surface area contributed by atoms with E-state index in [1.807, 2.05) is 39.1 Å².